The van der Waals surface area contributed by atoms with Gasteiger partial charge in [-0.25, -0.2) is 0 Å². The van der Waals surface area contributed by atoms with E-state index in [0.717, 1.165) is 18.4 Å². The van der Waals surface area contributed by atoms with E-state index in [-0.39, 0.29) is 17.4 Å². The Kier molecular flexibility index (Phi) is 5.62. The monoisotopic (exact) mass is 379 g/mol. The van der Waals surface area contributed by atoms with Gasteiger partial charge in [-0.15, -0.1) is 0 Å². The van der Waals surface area contributed by atoms with Gasteiger partial charge >= 0.3 is 6.18 Å². The molecule has 1 aliphatic carbocycles. The highest BCUT2D eigenvalue weighted by Crippen LogP contribution is 2.45. The summed E-state index contributed by atoms with van der Waals surface area (Å²) in [6.45, 7) is 2.53. The predicted octanol–water partition coefficient (Wildman–Crippen LogP) is 5.19. The molecule has 0 aromatic heterocycles. The Morgan fingerprint density at radius 1 is 1.15 bits per heavy atom. The van der Waals surface area contributed by atoms with Crippen LogP contribution in [0.25, 0.3) is 11.1 Å². The zero-order valence-electron chi connectivity index (χ0n) is 15.4. The van der Waals surface area contributed by atoms with Crippen LogP contribution in [0.2, 0.25) is 0 Å². The van der Waals surface area contributed by atoms with Crippen molar-refractivity contribution in [2.75, 3.05) is 24.4 Å². The normalized spacial score (nSPS) is 15.5. The second kappa shape index (κ2) is 7.78. The lowest BCUT2D eigenvalue weighted by atomic mass is 9.95. The smallest absolute Gasteiger partial charge is 0.383 e. The van der Waals surface area contributed by atoms with E-state index in [1.807, 2.05) is 6.92 Å². The lowest BCUT2D eigenvalue weighted by Gasteiger charge is -2.21. The minimum atomic E-state index is -4.55. The Morgan fingerprint density at radius 2 is 1.81 bits per heavy atom. The summed E-state index contributed by atoms with van der Waals surface area (Å²) in [7, 11) is 1.59. The van der Waals surface area contributed by atoms with Crippen molar-refractivity contribution in [1.82, 2.24) is 0 Å². The molecule has 1 atom stereocenters. The summed E-state index contributed by atoms with van der Waals surface area (Å²) in [4.78, 5) is 0. The van der Waals surface area contributed by atoms with Crippen LogP contribution in [0.5, 0.6) is 0 Å². The first-order valence-electron chi connectivity index (χ1n) is 8.93. The van der Waals surface area contributed by atoms with E-state index in [0.29, 0.717) is 23.7 Å². The molecule has 4 N–H and O–H groups in total. The number of rotatable bonds is 7. The van der Waals surface area contributed by atoms with Crippen LogP contribution in [-0.2, 0) is 10.9 Å². The van der Waals surface area contributed by atoms with Gasteiger partial charge < -0.3 is 15.5 Å². The van der Waals surface area contributed by atoms with Gasteiger partial charge in [0.05, 0.1) is 23.0 Å². The summed E-state index contributed by atoms with van der Waals surface area (Å²) >= 11 is 0. The third-order valence-electron chi connectivity index (χ3n) is 4.96. The summed E-state index contributed by atoms with van der Waals surface area (Å²) in [5.41, 5.74) is 3.19. The first-order chi connectivity index (χ1) is 12.8. The molecular formula is C20H24F3N3O. The van der Waals surface area contributed by atoms with E-state index in [1.165, 1.54) is 6.07 Å². The van der Waals surface area contributed by atoms with E-state index in [2.05, 4.69) is 10.7 Å². The van der Waals surface area contributed by atoms with Crippen LogP contribution in [0, 0.1) is 5.92 Å². The number of hydrogen-bond acceptors (Lipinski definition) is 4. The third-order valence-corrected chi connectivity index (χ3v) is 4.96. The molecule has 1 saturated carbocycles. The Morgan fingerprint density at radius 3 is 2.33 bits per heavy atom. The van der Waals surface area contributed by atoms with E-state index < -0.39 is 11.7 Å². The Balaban J connectivity index is 2.03. The molecule has 1 fully saturated rings. The van der Waals surface area contributed by atoms with E-state index in [1.54, 1.807) is 37.4 Å². The summed E-state index contributed by atoms with van der Waals surface area (Å²) < 4.78 is 46.9. The first-order valence-corrected chi connectivity index (χ1v) is 8.93. The van der Waals surface area contributed by atoms with Crippen molar-refractivity contribution in [3.05, 3.63) is 47.5 Å². The fraction of sp³-hybridized carbons (Fsp3) is 0.400. The SMILES string of the molecule is COC(C)c1ccc(-c2ccc(NCC3CC3)c(NN)c2C(F)(F)F)cc1. The van der Waals surface area contributed by atoms with Gasteiger partial charge in [0, 0.05) is 13.7 Å². The molecule has 0 saturated heterocycles. The molecule has 0 bridgehead atoms. The maximum Gasteiger partial charge on any atom is 0.419 e. The van der Waals surface area contributed by atoms with Crippen molar-refractivity contribution in [3.8, 4) is 11.1 Å². The van der Waals surface area contributed by atoms with Crippen LogP contribution in [0.4, 0.5) is 24.5 Å². The number of halogens is 3. The lowest BCUT2D eigenvalue weighted by Crippen LogP contribution is -2.19. The summed E-state index contributed by atoms with van der Waals surface area (Å²) in [6, 6.07) is 10.0. The van der Waals surface area contributed by atoms with Crippen LogP contribution < -0.4 is 16.6 Å². The highest BCUT2D eigenvalue weighted by molar-refractivity contribution is 5.83. The Bertz CT molecular complexity index is 786. The number of nitrogens with one attached hydrogen (secondary N) is 2. The average Bonchev–Trinajstić information content (AvgIpc) is 3.48. The Labute approximate surface area is 156 Å². The summed E-state index contributed by atoms with van der Waals surface area (Å²) in [6.07, 6.45) is -2.47. The van der Waals surface area contributed by atoms with E-state index >= 15 is 0 Å². The molecule has 0 aliphatic heterocycles. The molecule has 146 valence electrons. The molecule has 1 aliphatic rings. The van der Waals surface area contributed by atoms with Crippen LogP contribution in [0.1, 0.15) is 37.0 Å². The molecule has 27 heavy (non-hydrogen) atoms. The minimum Gasteiger partial charge on any atom is -0.383 e. The quantitative estimate of drug-likeness (QED) is 0.458. The fourth-order valence-electron chi connectivity index (χ4n) is 3.08. The topological polar surface area (TPSA) is 59.3 Å². The maximum atomic E-state index is 13.9. The fourth-order valence-corrected chi connectivity index (χ4v) is 3.08. The van der Waals surface area contributed by atoms with Crippen molar-refractivity contribution in [2.24, 2.45) is 11.8 Å². The zero-order chi connectivity index (χ0) is 19.6. The van der Waals surface area contributed by atoms with Crippen LogP contribution >= 0.6 is 0 Å². The molecule has 0 radical (unpaired) electrons. The first kappa shape index (κ1) is 19.5. The maximum absolute atomic E-state index is 13.9. The average molecular weight is 379 g/mol. The van der Waals surface area contributed by atoms with E-state index in [4.69, 9.17) is 10.6 Å². The van der Waals surface area contributed by atoms with Gasteiger partial charge in [0.25, 0.3) is 0 Å². The van der Waals surface area contributed by atoms with Crippen molar-refractivity contribution in [1.29, 1.82) is 0 Å². The van der Waals surface area contributed by atoms with Crippen molar-refractivity contribution < 1.29 is 17.9 Å². The number of benzene rings is 2. The van der Waals surface area contributed by atoms with Crippen molar-refractivity contribution >= 4 is 11.4 Å². The number of anilines is 2. The predicted molar refractivity (Wildman–Crippen MR) is 101 cm³/mol. The molecule has 0 amide bonds. The lowest BCUT2D eigenvalue weighted by molar-refractivity contribution is -0.136. The van der Waals surface area contributed by atoms with Gasteiger partial charge in [0.15, 0.2) is 0 Å². The summed E-state index contributed by atoms with van der Waals surface area (Å²) in [5, 5.41) is 3.09. The number of nitrogen functional groups attached to an aromatic ring is 1. The van der Waals surface area contributed by atoms with Crippen LogP contribution in [0.15, 0.2) is 36.4 Å². The van der Waals surface area contributed by atoms with Crippen LogP contribution in [0.3, 0.4) is 0 Å². The largest absolute Gasteiger partial charge is 0.419 e. The van der Waals surface area contributed by atoms with Gasteiger partial charge in [0.2, 0.25) is 0 Å². The minimum absolute atomic E-state index is 0.0871. The van der Waals surface area contributed by atoms with Gasteiger partial charge in [-0.1, -0.05) is 30.3 Å². The van der Waals surface area contributed by atoms with Gasteiger partial charge in [0.1, 0.15) is 0 Å². The number of nitrogens with two attached hydrogens (primary N) is 1. The van der Waals surface area contributed by atoms with Crippen LogP contribution in [-0.4, -0.2) is 13.7 Å². The Hall–Kier alpha value is -2.25. The second-order valence-electron chi connectivity index (χ2n) is 6.88. The molecule has 3 rings (SSSR count). The van der Waals surface area contributed by atoms with Gasteiger partial charge in [-0.2, -0.15) is 13.2 Å². The van der Waals surface area contributed by atoms with Crippen molar-refractivity contribution in [2.45, 2.75) is 32.0 Å². The van der Waals surface area contributed by atoms with Crippen molar-refractivity contribution in [3.63, 3.8) is 0 Å². The molecule has 4 nitrogen and oxygen atoms in total. The molecule has 7 heteroatoms. The molecular weight excluding hydrogens is 355 g/mol. The van der Waals surface area contributed by atoms with Gasteiger partial charge in [-0.3, -0.25) is 5.84 Å². The number of methoxy groups -OCH3 is 1. The zero-order valence-corrected chi connectivity index (χ0v) is 15.4. The standard InChI is InChI=1S/C20H24F3N3O/c1-12(27-2)14-5-7-15(8-6-14)16-9-10-17(25-11-13-3-4-13)19(26-24)18(16)20(21,22)23/h5-10,12-13,25-26H,3-4,11,24H2,1-2H3. The molecule has 2 aromatic rings. The molecule has 2 aromatic carbocycles. The molecule has 0 heterocycles. The number of alkyl halides is 3. The molecule has 0 spiro atoms. The van der Waals surface area contributed by atoms with E-state index in [9.17, 15) is 13.2 Å². The second-order valence-corrected chi connectivity index (χ2v) is 6.88. The van der Waals surface area contributed by atoms with Gasteiger partial charge in [-0.05, 0) is 48.4 Å². The third kappa shape index (κ3) is 4.36. The summed E-state index contributed by atoms with van der Waals surface area (Å²) in [5.74, 6) is 6.02. The number of hydrogen-bond donors (Lipinski definition) is 3. The highest BCUT2D eigenvalue weighted by Gasteiger charge is 2.38. The highest BCUT2D eigenvalue weighted by atomic mass is 19.4. The number of hydrazine groups is 1. The molecule has 1 unspecified atom stereocenters. The number of ether oxygens (including phenoxy) is 1.